The maximum atomic E-state index is 8.77. The van der Waals surface area contributed by atoms with Crippen LogP contribution in [-0.4, -0.2) is 6.54 Å². The molecule has 0 aliphatic heterocycles. The third-order valence-electron chi connectivity index (χ3n) is 6.59. The summed E-state index contributed by atoms with van der Waals surface area (Å²) in [6.45, 7) is 15.4. The molecule has 1 fully saturated rings. The van der Waals surface area contributed by atoms with Crippen LogP contribution in [0.1, 0.15) is 42.0 Å². The summed E-state index contributed by atoms with van der Waals surface area (Å²) in [6, 6.07) is 23.7. The highest BCUT2D eigenvalue weighted by Gasteiger charge is 2.45. The first-order valence-electron chi connectivity index (χ1n) is 11.8. The minimum atomic E-state index is -0.0794. The van der Waals surface area contributed by atoms with Crippen molar-refractivity contribution in [3.63, 3.8) is 0 Å². The molecule has 3 aromatic carbocycles. The molecule has 0 aromatic heterocycles. The zero-order valence-electron chi connectivity index (χ0n) is 19.9. The Morgan fingerprint density at radius 2 is 1.71 bits per heavy atom. The van der Waals surface area contributed by atoms with E-state index in [0.717, 1.165) is 36.1 Å². The van der Waals surface area contributed by atoms with Crippen LogP contribution >= 0.6 is 0 Å². The Morgan fingerprint density at radius 3 is 2.44 bits per heavy atom. The maximum absolute atomic E-state index is 8.77. The second-order valence-electron chi connectivity index (χ2n) is 8.88. The summed E-state index contributed by atoms with van der Waals surface area (Å²) < 4.78 is 0. The Labute approximate surface area is 202 Å². The van der Waals surface area contributed by atoms with E-state index in [9.17, 15) is 0 Å². The zero-order valence-corrected chi connectivity index (χ0v) is 19.9. The van der Waals surface area contributed by atoms with E-state index < -0.39 is 0 Å². The van der Waals surface area contributed by atoms with Crippen LogP contribution in [0.5, 0.6) is 0 Å². The topological polar surface area (TPSA) is 59.9 Å². The minimum absolute atomic E-state index is 0.0794. The molecular weight excluding hydrogens is 416 g/mol. The van der Waals surface area contributed by atoms with Crippen molar-refractivity contribution in [3.8, 4) is 6.07 Å². The van der Waals surface area contributed by atoms with Crippen LogP contribution in [0.15, 0.2) is 91.8 Å². The lowest BCUT2D eigenvalue weighted by molar-refractivity contribution is 0.635. The Hall–Kier alpha value is -3.97. The molecule has 34 heavy (non-hydrogen) atoms. The van der Waals surface area contributed by atoms with Gasteiger partial charge >= 0.3 is 0 Å². The molecule has 0 unspecified atom stereocenters. The number of rotatable bonds is 11. The van der Waals surface area contributed by atoms with Gasteiger partial charge in [-0.25, -0.2) is 0 Å². The first-order valence-corrected chi connectivity index (χ1v) is 11.8. The average molecular weight is 449 g/mol. The van der Waals surface area contributed by atoms with E-state index in [1.807, 2.05) is 0 Å². The first kappa shape index (κ1) is 23.2. The number of nitrogens with zero attached hydrogens (tertiary/aromatic N) is 1. The van der Waals surface area contributed by atoms with Crippen molar-refractivity contribution in [2.75, 3.05) is 6.54 Å². The van der Waals surface area contributed by atoms with Crippen molar-refractivity contribution in [2.24, 2.45) is 0 Å². The van der Waals surface area contributed by atoms with E-state index in [1.165, 1.54) is 21.9 Å². The van der Waals surface area contributed by atoms with E-state index in [4.69, 9.17) is 5.26 Å². The lowest BCUT2D eigenvalue weighted by Crippen LogP contribution is -2.28. The predicted octanol–water partition coefficient (Wildman–Crippen LogP) is 5.88. The van der Waals surface area contributed by atoms with Gasteiger partial charge in [-0.2, -0.15) is 5.26 Å². The number of hydrogen-bond acceptors (Lipinski definition) is 4. The van der Waals surface area contributed by atoms with Crippen LogP contribution in [0.3, 0.4) is 0 Å². The van der Waals surface area contributed by atoms with Crippen molar-refractivity contribution in [1.29, 1.82) is 5.26 Å². The van der Waals surface area contributed by atoms with Gasteiger partial charge in [-0.3, -0.25) is 0 Å². The highest BCUT2D eigenvalue weighted by molar-refractivity contribution is 5.87. The van der Waals surface area contributed by atoms with Crippen LogP contribution in [0.2, 0.25) is 0 Å². The standard InChI is InChI=1S/C30H32N4/c1-5-24-13-14-26(20-33-22(3)21(2)32-18-17-31)28(19-24)23(4)34-30(15-16-30)29-12-8-10-25-9-6-7-11-27(25)29/h6-14,19,32-34H,2-5,15-16,18,20H2,1H3. The summed E-state index contributed by atoms with van der Waals surface area (Å²) in [6.07, 6.45) is 3.13. The molecule has 0 saturated heterocycles. The number of aryl methyl sites for hydroxylation is 1. The molecule has 3 N–H and O–H groups in total. The Bertz CT molecular complexity index is 1290. The second kappa shape index (κ2) is 9.89. The third-order valence-corrected chi connectivity index (χ3v) is 6.59. The fourth-order valence-corrected chi connectivity index (χ4v) is 4.43. The van der Waals surface area contributed by atoms with Gasteiger partial charge in [0.25, 0.3) is 0 Å². The molecule has 4 nitrogen and oxygen atoms in total. The molecule has 1 aliphatic carbocycles. The second-order valence-corrected chi connectivity index (χ2v) is 8.88. The molecule has 0 amide bonds. The number of nitrogens with one attached hydrogen (secondary N) is 3. The zero-order chi connectivity index (χ0) is 24.1. The van der Waals surface area contributed by atoms with Crippen molar-refractivity contribution in [3.05, 3.63) is 114 Å². The Balaban J connectivity index is 1.56. The van der Waals surface area contributed by atoms with Gasteiger partial charge in [0.05, 0.1) is 17.3 Å². The molecule has 4 rings (SSSR count). The Morgan fingerprint density at radius 1 is 0.971 bits per heavy atom. The van der Waals surface area contributed by atoms with E-state index in [-0.39, 0.29) is 12.1 Å². The molecule has 172 valence electrons. The van der Waals surface area contributed by atoms with Crippen LogP contribution in [0.4, 0.5) is 0 Å². The van der Waals surface area contributed by atoms with E-state index >= 15 is 0 Å². The summed E-state index contributed by atoms with van der Waals surface area (Å²) >= 11 is 0. The lowest BCUT2D eigenvalue weighted by atomic mass is 9.95. The molecule has 0 radical (unpaired) electrons. The maximum Gasteiger partial charge on any atom is 0.103 e. The van der Waals surface area contributed by atoms with Crippen LogP contribution < -0.4 is 16.0 Å². The van der Waals surface area contributed by atoms with Crippen LogP contribution in [-0.2, 0) is 18.5 Å². The van der Waals surface area contributed by atoms with Crippen molar-refractivity contribution < 1.29 is 0 Å². The summed E-state index contributed by atoms with van der Waals surface area (Å²) in [5.74, 6) is 0. The summed E-state index contributed by atoms with van der Waals surface area (Å²) in [5, 5.41) is 21.4. The molecule has 0 bridgehead atoms. The number of benzene rings is 3. The summed E-state index contributed by atoms with van der Waals surface area (Å²) in [7, 11) is 0. The average Bonchev–Trinajstić information content (AvgIpc) is 3.65. The highest BCUT2D eigenvalue weighted by Crippen LogP contribution is 2.49. The number of fused-ring (bicyclic) bond motifs is 1. The first-order chi connectivity index (χ1) is 16.5. The van der Waals surface area contributed by atoms with Gasteiger partial charge in [-0.15, -0.1) is 0 Å². The van der Waals surface area contributed by atoms with Gasteiger partial charge in [-0.1, -0.05) is 81.3 Å². The van der Waals surface area contributed by atoms with Gasteiger partial charge < -0.3 is 16.0 Å². The van der Waals surface area contributed by atoms with Gasteiger partial charge in [0.1, 0.15) is 6.54 Å². The summed E-state index contributed by atoms with van der Waals surface area (Å²) in [5.41, 5.74) is 7.02. The number of nitriles is 1. The minimum Gasteiger partial charge on any atom is -0.380 e. The van der Waals surface area contributed by atoms with Crippen molar-refractivity contribution in [1.82, 2.24) is 16.0 Å². The van der Waals surface area contributed by atoms with Gasteiger partial charge in [-0.05, 0) is 52.8 Å². The largest absolute Gasteiger partial charge is 0.380 e. The quantitative estimate of drug-likeness (QED) is 0.253. The van der Waals surface area contributed by atoms with Crippen LogP contribution in [0, 0.1) is 11.3 Å². The highest BCUT2D eigenvalue weighted by atomic mass is 15.0. The molecule has 3 aromatic rings. The SMILES string of the molecule is C=C(NCC#N)C(=C)NCc1ccc(CC)cc1C(=C)NC1(c2cccc3ccccc23)CC1. The molecule has 1 aliphatic rings. The van der Waals surface area contributed by atoms with Crippen molar-refractivity contribution in [2.45, 2.75) is 38.3 Å². The van der Waals surface area contributed by atoms with Crippen LogP contribution in [0.25, 0.3) is 16.5 Å². The lowest BCUT2D eigenvalue weighted by Gasteiger charge is -2.25. The smallest absolute Gasteiger partial charge is 0.103 e. The number of hydrogen-bond donors (Lipinski definition) is 3. The predicted molar refractivity (Wildman–Crippen MR) is 142 cm³/mol. The third kappa shape index (κ3) is 4.84. The van der Waals surface area contributed by atoms with E-state index in [2.05, 4.69) is 109 Å². The van der Waals surface area contributed by atoms with Gasteiger partial charge in [0.2, 0.25) is 0 Å². The molecule has 0 atom stereocenters. The van der Waals surface area contributed by atoms with Gasteiger partial charge in [0.15, 0.2) is 0 Å². The van der Waals surface area contributed by atoms with Crippen molar-refractivity contribution >= 4 is 16.5 Å². The molecule has 4 heteroatoms. The fourth-order valence-electron chi connectivity index (χ4n) is 4.43. The van der Waals surface area contributed by atoms with E-state index in [0.29, 0.717) is 17.9 Å². The molecule has 0 heterocycles. The fraction of sp³-hybridized carbons (Fsp3) is 0.233. The van der Waals surface area contributed by atoms with Gasteiger partial charge in [0, 0.05) is 23.5 Å². The molecule has 0 spiro atoms. The Kier molecular flexibility index (Phi) is 6.75. The molecule has 1 saturated carbocycles. The van der Waals surface area contributed by atoms with E-state index in [1.54, 1.807) is 0 Å². The normalized spacial score (nSPS) is 13.5. The monoisotopic (exact) mass is 448 g/mol. The summed E-state index contributed by atoms with van der Waals surface area (Å²) in [4.78, 5) is 0. The molecular formula is C30H32N4.